The van der Waals surface area contributed by atoms with E-state index in [4.69, 9.17) is 10.5 Å². The summed E-state index contributed by atoms with van der Waals surface area (Å²) in [6.07, 6.45) is 4.57. The van der Waals surface area contributed by atoms with Crippen molar-refractivity contribution in [3.8, 4) is 5.75 Å². The lowest BCUT2D eigenvalue weighted by Crippen LogP contribution is -2.34. The van der Waals surface area contributed by atoms with E-state index in [1.165, 1.54) is 18.9 Å². The van der Waals surface area contributed by atoms with Crippen LogP contribution in [0.5, 0.6) is 5.75 Å². The van der Waals surface area contributed by atoms with Crippen molar-refractivity contribution < 1.29 is 13.5 Å². The van der Waals surface area contributed by atoms with Gasteiger partial charge in [0, 0.05) is 12.6 Å². The highest BCUT2D eigenvalue weighted by Gasteiger charge is 2.04. The topological polar surface area (TPSA) is 59.6 Å². The second-order valence-electron chi connectivity index (χ2n) is 4.68. The third kappa shape index (κ3) is 7.48. The molecule has 0 aliphatic carbocycles. The highest BCUT2D eigenvalue weighted by Crippen LogP contribution is 2.17. The van der Waals surface area contributed by atoms with E-state index in [0.717, 1.165) is 25.0 Å². The van der Waals surface area contributed by atoms with Crippen molar-refractivity contribution >= 4 is 5.96 Å². The van der Waals surface area contributed by atoms with Crippen molar-refractivity contribution in [1.29, 1.82) is 0 Å². The summed E-state index contributed by atoms with van der Waals surface area (Å²) in [6, 6.07) is 3.20. The van der Waals surface area contributed by atoms with Crippen LogP contribution in [0.4, 0.5) is 8.78 Å². The molecule has 1 aromatic rings. The summed E-state index contributed by atoms with van der Waals surface area (Å²) in [5, 5.41) is 2.88. The Hall–Kier alpha value is -1.85. The van der Waals surface area contributed by atoms with Crippen molar-refractivity contribution in [1.82, 2.24) is 5.32 Å². The molecule has 3 N–H and O–H groups in total. The summed E-state index contributed by atoms with van der Waals surface area (Å²) in [5.74, 6) is -0.965. The summed E-state index contributed by atoms with van der Waals surface area (Å²) >= 11 is 0. The Morgan fingerprint density at radius 1 is 1.29 bits per heavy atom. The summed E-state index contributed by atoms with van der Waals surface area (Å²) < 4.78 is 31.2. The van der Waals surface area contributed by atoms with Crippen molar-refractivity contribution in [2.45, 2.75) is 32.6 Å². The number of hydrogen-bond donors (Lipinski definition) is 2. The Morgan fingerprint density at radius 2 is 2.10 bits per heavy atom. The number of halogens is 2. The van der Waals surface area contributed by atoms with Gasteiger partial charge >= 0.3 is 0 Å². The Balaban J connectivity index is 2.16. The van der Waals surface area contributed by atoms with Crippen LogP contribution in [0.25, 0.3) is 0 Å². The third-order valence-electron chi connectivity index (χ3n) is 2.85. The second-order valence-corrected chi connectivity index (χ2v) is 4.68. The van der Waals surface area contributed by atoms with Crippen LogP contribution in [0, 0.1) is 11.6 Å². The van der Waals surface area contributed by atoms with E-state index >= 15 is 0 Å². The van der Waals surface area contributed by atoms with Crippen LogP contribution in [-0.4, -0.2) is 25.7 Å². The minimum atomic E-state index is -0.715. The van der Waals surface area contributed by atoms with Crippen LogP contribution in [-0.2, 0) is 0 Å². The quantitative estimate of drug-likeness (QED) is 0.419. The lowest BCUT2D eigenvalue weighted by Gasteiger charge is -2.08. The smallest absolute Gasteiger partial charge is 0.188 e. The van der Waals surface area contributed by atoms with Gasteiger partial charge in [0.25, 0.3) is 0 Å². The highest BCUT2D eigenvalue weighted by molar-refractivity contribution is 5.77. The monoisotopic (exact) mass is 299 g/mol. The number of unbranched alkanes of at least 4 members (excludes halogenated alkanes) is 3. The molecule has 118 valence electrons. The van der Waals surface area contributed by atoms with Gasteiger partial charge in [0.15, 0.2) is 17.5 Å². The zero-order valence-corrected chi connectivity index (χ0v) is 12.4. The maximum atomic E-state index is 13.3. The van der Waals surface area contributed by atoms with E-state index in [1.54, 1.807) is 0 Å². The van der Waals surface area contributed by atoms with E-state index in [-0.39, 0.29) is 12.4 Å². The van der Waals surface area contributed by atoms with Crippen LogP contribution >= 0.6 is 0 Å². The number of nitrogens with two attached hydrogens (primary N) is 1. The van der Waals surface area contributed by atoms with Gasteiger partial charge in [-0.2, -0.15) is 0 Å². The number of nitrogens with one attached hydrogen (secondary N) is 1. The summed E-state index contributed by atoms with van der Waals surface area (Å²) in [6.45, 7) is 3.48. The van der Waals surface area contributed by atoms with Crippen LogP contribution < -0.4 is 15.8 Å². The van der Waals surface area contributed by atoms with Gasteiger partial charge in [-0.25, -0.2) is 8.78 Å². The fourth-order valence-electron chi connectivity index (χ4n) is 1.73. The normalized spacial score (nSPS) is 11.5. The SMILES string of the molecule is CCCCCCN=C(N)NCCOc1ccc(F)cc1F. The number of ether oxygens (including phenoxy) is 1. The molecule has 0 saturated heterocycles. The van der Waals surface area contributed by atoms with Crippen molar-refractivity contribution in [3.63, 3.8) is 0 Å². The summed E-state index contributed by atoms with van der Waals surface area (Å²) in [5.41, 5.74) is 5.68. The van der Waals surface area contributed by atoms with E-state index < -0.39 is 11.6 Å². The maximum absolute atomic E-state index is 13.3. The molecule has 0 fully saturated rings. The number of aliphatic imine (C=N–C) groups is 1. The average molecular weight is 299 g/mol. The Morgan fingerprint density at radius 3 is 2.81 bits per heavy atom. The van der Waals surface area contributed by atoms with Gasteiger partial charge in [-0.05, 0) is 18.6 Å². The molecule has 0 atom stereocenters. The first-order valence-corrected chi connectivity index (χ1v) is 7.25. The van der Waals surface area contributed by atoms with Crippen molar-refractivity contribution in [2.24, 2.45) is 10.7 Å². The first kappa shape index (κ1) is 17.2. The Bertz CT molecular complexity index is 453. The van der Waals surface area contributed by atoms with E-state index in [1.807, 2.05) is 0 Å². The molecule has 0 spiro atoms. The predicted octanol–water partition coefficient (Wildman–Crippen LogP) is 2.83. The average Bonchev–Trinajstić information content (AvgIpc) is 2.45. The van der Waals surface area contributed by atoms with Crippen LogP contribution in [0.2, 0.25) is 0 Å². The van der Waals surface area contributed by atoms with Gasteiger partial charge in [0.1, 0.15) is 12.4 Å². The zero-order valence-electron chi connectivity index (χ0n) is 12.4. The van der Waals surface area contributed by atoms with E-state index in [9.17, 15) is 8.78 Å². The molecule has 0 amide bonds. The number of benzene rings is 1. The van der Waals surface area contributed by atoms with Crippen LogP contribution in [0.1, 0.15) is 32.6 Å². The van der Waals surface area contributed by atoms with E-state index in [2.05, 4.69) is 17.2 Å². The largest absolute Gasteiger partial charge is 0.489 e. The highest BCUT2D eigenvalue weighted by atomic mass is 19.1. The first-order valence-electron chi connectivity index (χ1n) is 7.25. The fraction of sp³-hybridized carbons (Fsp3) is 0.533. The third-order valence-corrected chi connectivity index (χ3v) is 2.85. The summed E-state index contributed by atoms with van der Waals surface area (Å²) in [4.78, 5) is 4.17. The molecule has 1 rings (SSSR count). The number of hydrogen-bond acceptors (Lipinski definition) is 2. The lowest BCUT2D eigenvalue weighted by molar-refractivity contribution is 0.305. The standard InChI is InChI=1S/C15H23F2N3O/c1-2-3-4-5-8-19-15(18)20-9-10-21-14-7-6-12(16)11-13(14)17/h6-7,11H,2-5,8-10H2,1H3,(H3,18,19,20). The predicted molar refractivity (Wildman–Crippen MR) is 80.5 cm³/mol. The molecule has 0 aliphatic heterocycles. The van der Waals surface area contributed by atoms with E-state index in [0.29, 0.717) is 19.0 Å². The molecular formula is C15H23F2N3O. The molecule has 0 aliphatic rings. The fourth-order valence-corrected chi connectivity index (χ4v) is 1.73. The molecule has 21 heavy (non-hydrogen) atoms. The summed E-state index contributed by atoms with van der Waals surface area (Å²) in [7, 11) is 0. The molecule has 4 nitrogen and oxygen atoms in total. The zero-order chi connectivity index (χ0) is 15.5. The molecule has 0 bridgehead atoms. The number of nitrogens with zero attached hydrogens (tertiary/aromatic N) is 1. The van der Waals surface area contributed by atoms with Gasteiger partial charge in [-0.1, -0.05) is 26.2 Å². The lowest BCUT2D eigenvalue weighted by atomic mass is 10.2. The molecular weight excluding hydrogens is 276 g/mol. The Kier molecular flexibility index (Phi) is 8.16. The maximum Gasteiger partial charge on any atom is 0.188 e. The molecule has 0 unspecified atom stereocenters. The number of rotatable bonds is 9. The Labute approximate surface area is 124 Å². The molecule has 1 aromatic carbocycles. The minimum absolute atomic E-state index is 0.0216. The van der Waals surface area contributed by atoms with Gasteiger partial charge in [-0.15, -0.1) is 0 Å². The molecule has 6 heteroatoms. The number of guanidine groups is 1. The first-order chi connectivity index (χ1) is 10.1. The van der Waals surface area contributed by atoms with Gasteiger partial charge in [0.2, 0.25) is 0 Å². The van der Waals surface area contributed by atoms with Crippen LogP contribution in [0.15, 0.2) is 23.2 Å². The molecule has 0 aromatic heterocycles. The molecule has 0 radical (unpaired) electrons. The van der Waals surface area contributed by atoms with Gasteiger partial charge in [-0.3, -0.25) is 4.99 Å². The second kappa shape index (κ2) is 9.96. The molecule has 0 saturated carbocycles. The molecule has 0 heterocycles. The van der Waals surface area contributed by atoms with Gasteiger partial charge < -0.3 is 15.8 Å². The van der Waals surface area contributed by atoms with Gasteiger partial charge in [0.05, 0.1) is 6.54 Å². The minimum Gasteiger partial charge on any atom is -0.489 e. The van der Waals surface area contributed by atoms with Crippen molar-refractivity contribution in [3.05, 3.63) is 29.8 Å². The van der Waals surface area contributed by atoms with Crippen LogP contribution in [0.3, 0.4) is 0 Å². The van der Waals surface area contributed by atoms with Crippen molar-refractivity contribution in [2.75, 3.05) is 19.7 Å².